The summed E-state index contributed by atoms with van der Waals surface area (Å²) in [7, 11) is 0. The molecule has 0 fully saturated rings. The van der Waals surface area contributed by atoms with Crippen LogP contribution in [0.3, 0.4) is 0 Å². The van der Waals surface area contributed by atoms with E-state index in [1.165, 1.54) is 16.7 Å². The van der Waals surface area contributed by atoms with Gasteiger partial charge in [0.05, 0.1) is 0 Å². The highest BCUT2D eigenvalue weighted by molar-refractivity contribution is 5.25. The van der Waals surface area contributed by atoms with Crippen LogP contribution in [-0.2, 0) is 6.42 Å². The van der Waals surface area contributed by atoms with E-state index in [1.54, 1.807) is 0 Å². The standard InChI is InChI=1S/C17H24.C2H6/c1-4-6-10-16(8-5-2)12-13-17-11-7-9-15(3)14-17;1-2/h6-11,14H,4-5,12-13H2,1-3H3;1-2H3/b10-6-,16-8+;. The van der Waals surface area contributed by atoms with Crippen LogP contribution in [0.1, 0.15) is 58.1 Å². The minimum Gasteiger partial charge on any atom is -0.0845 e. The monoisotopic (exact) mass is 258 g/mol. The van der Waals surface area contributed by atoms with Crippen LogP contribution in [0.25, 0.3) is 0 Å². The largest absolute Gasteiger partial charge is 0.0845 e. The summed E-state index contributed by atoms with van der Waals surface area (Å²) in [4.78, 5) is 0. The quantitative estimate of drug-likeness (QED) is 0.528. The molecule has 0 heterocycles. The van der Waals surface area contributed by atoms with Gasteiger partial charge in [0.25, 0.3) is 0 Å². The summed E-state index contributed by atoms with van der Waals surface area (Å²) in [5.74, 6) is 0. The predicted octanol–water partition coefficient (Wildman–Crippen LogP) is 6.26. The molecule has 0 unspecified atom stereocenters. The normalized spacial score (nSPS) is 11.3. The lowest BCUT2D eigenvalue weighted by atomic mass is 10.0. The molecular formula is C19H30. The third-order valence-electron chi connectivity index (χ3n) is 2.82. The SMILES string of the molecule is CC.CC/C=C\C(=C/CC)CCc1cccc(C)c1. The Balaban J connectivity index is 0.00000154. The molecule has 1 aromatic carbocycles. The molecule has 0 saturated carbocycles. The van der Waals surface area contributed by atoms with Gasteiger partial charge in [0, 0.05) is 0 Å². The Hall–Kier alpha value is -1.30. The van der Waals surface area contributed by atoms with Crippen LogP contribution >= 0.6 is 0 Å². The van der Waals surface area contributed by atoms with Gasteiger partial charge in [0.15, 0.2) is 0 Å². The van der Waals surface area contributed by atoms with Crippen LogP contribution in [0.4, 0.5) is 0 Å². The van der Waals surface area contributed by atoms with Gasteiger partial charge in [0.2, 0.25) is 0 Å². The first-order chi connectivity index (χ1) is 9.26. The summed E-state index contributed by atoms with van der Waals surface area (Å²) in [5.41, 5.74) is 4.26. The highest BCUT2D eigenvalue weighted by atomic mass is 14.0. The summed E-state index contributed by atoms with van der Waals surface area (Å²) < 4.78 is 0. The lowest BCUT2D eigenvalue weighted by molar-refractivity contribution is 0.949. The molecular weight excluding hydrogens is 228 g/mol. The topological polar surface area (TPSA) is 0 Å². The second kappa shape index (κ2) is 11.8. The maximum atomic E-state index is 2.34. The van der Waals surface area contributed by atoms with E-state index in [9.17, 15) is 0 Å². The van der Waals surface area contributed by atoms with Gasteiger partial charge in [-0.3, -0.25) is 0 Å². The summed E-state index contributed by atoms with van der Waals surface area (Å²) in [6.07, 6.45) is 11.4. The van der Waals surface area contributed by atoms with E-state index >= 15 is 0 Å². The fourth-order valence-electron chi connectivity index (χ4n) is 1.94. The van der Waals surface area contributed by atoms with Crippen LogP contribution in [0.2, 0.25) is 0 Å². The highest BCUT2D eigenvalue weighted by Crippen LogP contribution is 2.13. The van der Waals surface area contributed by atoms with Crippen molar-refractivity contribution in [2.45, 2.75) is 60.3 Å². The average molecular weight is 258 g/mol. The van der Waals surface area contributed by atoms with Crippen molar-refractivity contribution in [3.05, 3.63) is 59.2 Å². The first-order valence-electron chi connectivity index (χ1n) is 7.67. The van der Waals surface area contributed by atoms with Crippen molar-refractivity contribution in [1.29, 1.82) is 0 Å². The molecule has 0 radical (unpaired) electrons. The Morgan fingerprint density at radius 1 is 1.11 bits per heavy atom. The summed E-state index contributed by atoms with van der Waals surface area (Å²) in [6.45, 7) is 10.5. The van der Waals surface area contributed by atoms with Crippen LogP contribution in [-0.4, -0.2) is 0 Å². The van der Waals surface area contributed by atoms with E-state index in [0.29, 0.717) is 0 Å². The smallest absolute Gasteiger partial charge is 0.0238 e. The number of hydrogen-bond acceptors (Lipinski definition) is 0. The first-order valence-corrected chi connectivity index (χ1v) is 7.67. The highest BCUT2D eigenvalue weighted by Gasteiger charge is 1.96. The van der Waals surface area contributed by atoms with E-state index in [2.05, 4.69) is 63.3 Å². The third kappa shape index (κ3) is 8.42. The van der Waals surface area contributed by atoms with Gasteiger partial charge in [-0.1, -0.05) is 81.3 Å². The summed E-state index contributed by atoms with van der Waals surface area (Å²) >= 11 is 0. The molecule has 0 aliphatic rings. The molecule has 0 bridgehead atoms. The Morgan fingerprint density at radius 2 is 1.84 bits per heavy atom. The van der Waals surface area contributed by atoms with E-state index in [4.69, 9.17) is 0 Å². The Morgan fingerprint density at radius 3 is 2.42 bits per heavy atom. The second-order valence-corrected chi connectivity index (χ2v) is 4.49. The Labute approximate surface area is 120 Å². The molecule has 0 atom stereocenters. The number of aryl methyl sites for hydroxylation is 2. The number of allylic oxidation sites excluding steroid dienone is 4. The molecule has 19 heavy (non-hydrogen) atoms. The molecule has 0 amide bonds. The summed E-state index contributed by atoms with van der Waals surface area (Å²) in [5, 5.41) is 0. The van der Waals surface area contributed by atoms with Crippen molar-refractivity contribution in [2.24, 2.45) is 0 Å². The molecule has 1 rings (SSSR count). The zero-order valence-electron chi connectivity index (χ0n) is 13.4. The third-order valence-corrected chi connectivity index (χ3v) is 2.82. The fourth-order valence-corrected chi connectivity index (χ4v) is 1.94. The van der Waals surface area contributed by atoms with Gasteiger partial charge in [0.1, 0.15) is 0 Å². The van der Waals surface area contributed by atoms with Crippen molar-refractivity contribution in [2.75, 3.05) is 0 Å². The van der Waals surface area contributed by atoms with Crippen molar-refractivity contribution in [3.63, 3.8) is 0 Å². The zero-order chi connectivity index (χ0) is 14.5. The minimum atomic E-state index is 1.12. The molecule has 106 valence electrons. The molecule has 0 nitrogen and oxygen atoms in total. The van der Waals surface area contributed by atoms with Gasteiger partial charge < -0.3 is 0 Å². The average Bonchev–Trinajstić information content (AvgIpc) is 2.44. The molecule has 0 saturated heterocycles. The molecule has 0 heteroatoms. The number of benzene rings is 1. The fraction of sp³-hybridized carbons (Fsp3) is 0.474. The van der Waals surface area contributed by atoms with E-state index in [1.807, 2.05) is 13.8 Å². The van der Waals surface area contributed by atoms with E-state index < -0.39 is 0 Å². The van der Waals surface area contributed by atoms with Crippen LogP contribution in [0.15, 0.2) is 48.1 Å². The number of hydrogen-bond donors (Lipinski definition) is 0. The van der Waals surface area contributed by atoms with Crippen LogP contribution in [0, 0.1) is 6.92 Å². The van der Waals surface area contributed by atoms with Gasteiger partial charge >= 0.3 is 0 Å². The van der Waals surface area contributed by atoms with E-state index in [-0.39, 0.29) is 0 Å². The number of rotatable bonds is 6. The first kappa shape index (κ1) is 17.7. The lowest BCUT2D eigenvalue weighted by Gasteiger charge is -2.04. The van der Waals surface area contributed by atoms with Crippen molar-refractivity contribution >= 4 is 0 Å². The molecule has 0 N–H and O–H groups in total. The molecule has 0 aliphatic heterocycles. The second-order valence-electron chi connectivity index (χ2n) is 4.49. The van der Waals surface area contributed by atoms with E-state index in [0.717, 1.165) is 25.7 Å². The van der Waals surface area contributed by atoms with Gasteiger partial charge in [-0.15, -0.1) is 0 Å². The maximum absolute atomic E-state index is 2.34. The molecule has 0 aromatic heterocycles. The summed E-state index contributed by atoms with van der Waals surface area (Å²) in [6, 6.07) is 8.81. The van der Waals surface area contributed by atoms with Crippen LogP contribution < -0.4 is 0 Å². The zero-order valence-corrected chi connectivity index (χ0v) is 13.4. The van der Waals surface area contributed by atoms with Crippen molar-refractivity contribution < 1.29 is 0 Å². The Kier molecular flexibility index (Phi) is 11.0. The lowest BCUT2D eigenvalue weighted by Crippen LogP contribution is -1.88. The van der Waals surface area contributed by atoms with Gasteiger partial charge in [-0.2, -0.15) is 0 Å². The van der Waals surface area contributed by atoms with Crippen molar-refractivity contribution in [3.8, 4) is 0 Å². The van der Waals surface area contributed by atoms with Gasteiger partial charge in [-0.25, -0.2) is 0 Å². The Bertz CT molecular complexity index is 383. The predicted molar refractivity (Wildman–Crippen MR) is 88.7 cm³/mol. The minimum absolute atomic E-state index is 1.12. The molecule has 1 aromatic rings. The molecule has 0 aliphatic carbocycles. The maximum Gasteiger partial charge on any atom is -0.0238 e. The van der Waals surface area contributed by atoms with Crippen molar-refractivity contribution in [1.82, 2.24) is 0 Å². The van der Waals surface area contributed by atoms with Crippen LogP contribution in [0.5, 0.6) is 0 Å². The molecule has 0 spiro atoms. The van der Waals surface area contributed by atoms with Gasteiger partial charge in [-0.05, 0) is 38.2 Å².